The lowest BCUT2D eigenvalue weighted by Gasteiger charge is -2.23. The molecule has 2 aromatic rings. The first kappa shape index (κ1) is 13.4. The van der Waals surface area contributed by atoms with Gasteiger partial charge >= 0.3 is 0 Å². The first-order chi connectivity index (χ1) is 9.65. The number of carbonyl (C=O) groups excluding carboxylic acids is 1. The third-order valence-corrected chi connectivity index (χ3v) is 4.42. The summed E-state index contributed by atoms with van der Waals surface area (Å²) in [5, 5.41) is 0.578. The summed E-state index contributed by atoms with van der Waals surface area (Å²) in [6.45, 7) is 1.98. The minimum Gasteiger partial charge on any atom is -0.294 e. The van der Waals surface area contributed by atoms with E-state index in [0.717, 1.165) is 24.8 Å². The van der Waals surface area contributed by atoms with Gasteiger partial charge in [0.05, 0.1) is 5.02 Å². The van der Waals surface area contributed by atoms with Crippen LogP contribution in [0.25, 0.3) is 0 Å². The maximum Gasteiger partial charge on any atom is 0.167 e. The fourth-order valence-electron chi connectivity index (χ4n) is 2.96. The number of aryl methyl sites for hydroxylation is 2. The second kappa shape index (κ2) is 5.41. The van der Waals surface area contributed by atoms with Gasteiger partial charge in [0.1, 0.15) is 0 Å². The molecule has 3 rings (SSSR count). The summed E-state index contributed by atoms with van der Waals surface area (Å²) < 4.78 is 0. The number of rotatable bonds is 2. The van der Waals surface area contributed by atoms with Crippen molar-refractivity contribution in [2.75, 3.05) is 0 Å². The average Bonchev–Trinajstić information content (AvgIpc) is 2.46. The van der Waals surface area contributed by atoms with Crippen molar-refractivity contribution in [3.05, 3.63) is 69.7 Å². The van der Waals surface area contributed by atoms with E-state index in [1.165, 1.54) is 11.1 Å². The molecular formula is C18H17ClO. The predicted octanol–water partition coefficient (Wildman–Crippen LogP) is 4.64. The Morgan fingerprint density at radius 1 is 1.15 bits per heavy atom. The van der Waals surface area contributed by atoms with Gasteiger partial charge in [0.2, 0.25) is 0 Å². The molecule has 0 N–H and O–H groups in total. The summed E-state index contributed by atoms with van der Waals surface area (Å²) in [4.78, 5) is 12.7. The van der Waals surface area contributed by atoms with Crippen LogP contribution in [0.2, 0.25) is 5.02 Å². The first-order valence-electron chi connectivity index (χ1n) is 7.02. The van der Waals surface area contributed by atoms with E-state index in [1.54, 1.807) is 0 Å². The van der Waals surface area contributed by atoms with Crippen molar-refractivity contribution in [3.63, 3.8) is 0 Å². The largest absolute Gasteiger partial charge is 0.294 e. The molecule has 1 nitrogen and oxygen atoms in total. The van der Waals surface area contributed by atoms with Crippen LogP contribution in [0.4, 0.5) is 0 Å². The van der Waals surface area contributed by atoms with Crippen LogP contribution in [-0.4, -0.2) is 5.78 Å². The van der Waals surface area contributed by atoms with Crippen molar-refractivity contribution >= 4 is 17.4 Å². The second-order valence-corrected chi connectivity index (χ2v) is 5.96. The Morgan fingerprint density at radius 2 is 1.90 bits per heavy atom. The Kier molecular flexibility index (Phi) is 3.62. The molecule has 0 fully saturated rings. The molecule has 1 atom stereocenters. The van der Waals surface area contributed by atoms with Crippen molar-refractivity contribution in [2.24, 2.45) is 5.92 Å². The number of carbonyl (C=O) groups is 1. The predicted molar refractivity (Wildman–Crippen MR) is 82.5 cm³/mol. The zero-order chi connectivity index (χ0) is 14.1. The van der Waals surface area contributed by atoms with Gasteiger partial charge in [-0.05, 0) is 55.0 Å². The van der Waals surface area contributed by atoms with Crippen molar-refractivity contribution in [2.45, 2.75) is 26.2 Å². The van der Waals surface area contributed by atoms with Gasteiger partial charge in [0.15, 0.2) is 5.78 Å². The van der Waals surface area contributed by atoms with E-state index in [1.807, 2.05) is 31.2 Å². The molecule has 0 saturated carbocycles. The minimum absolute atomic E-state index is 0.0603. The number of fused-ring (bicyclic) bond motifs is 1. The van der Waals surface area contributed by atoms with Crippen LogP contribution < -0.4 is 0 Å². The second-order valence-electron chi connectivity index (χ2n) is 5.56. The lowest BCUT2D eigenvalue weighted by atomic mass is 9.80. The van der Waals surface area contributed by atoms with E-state index < -0.39 is 0 Å². The topological polar surface area (TPSA) is 17.1 Å². The number of ketones is 1. The van der Waals surface area contributed by atoms with Crippen LogP contribution in [-0.2, 0) is 12.8 Å². The number of benzene rings is 2. The summed E-state index contributed by atoms with van der Waals surface area (Å²) in [7, 11) is 0. The number of hydrogen-bond donors (Lipinski definition) is 0. The number of hydrogen-bond acceptors (Lipinski definition) is 1. The lowest BCUT2D eigenvalue weighted by Crippen LogP contribution is -2.23. The molecule has 0 spiro atoms. The molecule has 0 heterocycles. The summed E-state index contributed by atoms with van der Waals surface area (Å²) in [5.41, 5.74) is 4.44. The zero-order valence-corrected chi connectivity index (χ0v) is 12.3. The van der Waals surface area contributed by atoms with Gasteiger partial charge in [-0.3, -0.25) is 4.79 Å². The van der Waals surface area contributed by atoms with Crippen molar-refractivity contribution in [1.82, 2.24) is 0 Å². The summed E-state index contributed by atoms with van der Waals surface area (Å²) in [5.74, 6) is 0.245. The standard InChI is InChI=1S/C18H17ClO/c1-12-6-9-16(17(19)10-12)18(20)15-8-7-13-4-2-3-5-14(13)11-15/h2-6,9-10,15H,7-8,11H2,1H3. The van der Waals surface area contributed by atoms with Crippen LogP contribution >= 0.6 is 11.6 Å². The maximum atomic E-state index is 12.7. The summed E-state index contributed by atoms with van der Waals surface area (Å²) >= 11 is 6.22. The molecular weight excluding hydrogens is 268 g/mol. The molecule has 1 aliphatic rings. The summed E-state index contributed by atoms with van der Waals surface area (Å²) in [6.07, 6.45) is 2.73. The normalized spacial score (nSPS) is 17.6. The Hall–Kier alpha value is -1.60. The molecule has 2 aromatic carbocycles. The van der Waals surface area contributed by atoms with Crippen LogP contribution in [0, 0.1) is 12.8 Å². The molecule has 20 heavy (non-hydrogen) atoms. The number of halogens is 1. The lowest BCUT2D eigenvalue weighted by molar-refractivity contribution is 0.0909. The molecule has 1 aliphatic carbocycles. The molecule has 0 saturated heterocycles. The molecule has 0 bridgehead atoms. The highest BCUT2D eigenvalue weighted by atomic mass is 35.5. The fraction of sp³-hybridized carbons (Fsp3) is 0.278. The van der Waals surface area contributed by atoms with E-state index >= 15 is 0 Å². The Bertz CT molecular complexity index is 660. The van der Waals surface area contributed by atoms with Gasteiger partial charge in [-0.1, -0.05) is 41.9 Å². The molecule has 2 heteroatoms. The average molecular weight is 285 g/mol. The maximum absolute atomic E-state index is 12.7. The third kappa shape index (κ3) is 2.51. The van der Waals surface area contributed by atoms with Gasteiger partial charge in [-0.2, -0.15) is 0 Å². The SMILES string of the molecule is Cc1ccc(C(=O)C2CCc3ccccc3C2)c(Cl)c1. The minimum atomic E-state index is 0.0603. The van der Waals surface area contributed by atoms with Gasteiger partial charge in [-0.15, -0.1) is 0 Å². The third-order valence-electron chi connectivity index (χ3n) is 4.11. The van der Waals surface area contributed by atoms with Crippen molar-refractivity contribution in [1.29, 1.82) is 0 Å². The van der Waals surface area contributed by atoms with E-state index in [-0.39, 0.29) is 11.7 Å². The van der Waals surface area contributed by atoms with E-state index in [2.05, 4.69) is 18.2 Å². The molecule has 0 aliphatic heterocycles. The van der Waals surface area contributed by atoms with Gasteiger partial charge in [-0.25, -0.2) is 0 Å². The smallest absolute Gasteiger partial charge is 0.167 e. The molecule has 0 aromatic heterocycles. The quantitative estimate of drug-likeness (QED) is 0.735. The summed E-state index contributed by atoms with van der Waals surface area (Å²) in [6, 6.07) is 14.1. The highest BCUT2D eigenvalue weighted by molar-refractivity contribution is 6.34. The van der Waals surface area contributed by atoms with Crippen LogP contribution in [0.1, 0.15) is 33.5 Å². The van der Waals surface area contributed by atoms with Crippen molar-refractivity contribution in [3.8, 4) is 0 Å². The van der Waals surface area contributed by atoms with Crippen LogP contribution in [0.3, 0.4) is 0 Å². The first-order valence-corrected chi connectivity index (χ1v) is 7.40. The van der Waals surface area contributed by atoms with E-state index in [0.29, 0.717) is 10.6 Å². The molecule has 0 radical (unpaired) electrons. The van der Waals surface area contributed by atoms with Gasteiger partial charge in [0, 0.05) is 11.5 Å². The van der Waals surface area contributed by atoms with E-state index in [9.17, 15) is 4.79 Å². The highest BCUT2D eigenvalue weighted by Gasteiger charge is 2.26. The van der Waals surface area contributed by atoms with Gasteiger partial charge in [0.25, 0.3) is 0 Å². The van der Waals surface area contributed by atoms with Crippen LogP contribution in [0.15, 0.2) is 42.5 Å². The fourth-order valence-corrected chi connectivity index (χ4v) is 3.29. The van der Waals surface area contributed by atoms with Gasteiger partial charge < -0.3 is 0 Å². The number of Topliss-reactive ketones (excluding diaryl/α,β-unsaturated/α-hetero) is 1. The zero-order valence-electron chi connectivity index (χ0n) is 11.5. The Labute approximate surface area is 124 Å². The Morgan fingerprint density at radius 3 is 2.65 bits per heavy atom. The monoisotopic (exact) mass is 284 g/mol. The Balaban J connectivity index is 1.86. The van der Waals surface area contributed by atoms with Crippen molar-refractivity contribution < 1.29 is 4.79 Å². The highest BCUT2D eigenvalue weighted by Crippen LogP contribution is 2.30. The van der Waals surface area contributed by atoms with Crippen LogP contribution in [0.5, 0.6) is 0 Å². The molecule has 102 valence electrons. The molecule has 1 unspecified atom stereocenters. The van der Waals surface area contributed by atoms with E-state index in [4.69, 9.17) is 11.6 Å². The molecule has 0 amide bonds.